The zero-order valence-electron chi connectivity index (χ0n) is 11.8. The third-order valence-electron chi connectivity index (χ3n) is 3.99. The Morgan fingerprint density at radius 1 is 1.22 bits per heavy atom. The molecule has 1 N–H and O–H groups in total. The normalized spacial score (nSPS) is 24.8. The van der Waals surface area contributed by atoms with E-state index in [0.717, 1.165) is 6.42 Å². The molecular formula is C15H27ClO2. The summed E-state index contributed by atoms with van der Waals surface area (Å²) in [7, 11) is 0. The van der Waals surface area contributed by atoms with Crippen LogP contribution in [0.15, 0.2) is 12.2 Å². The number of carbonyl (C=O) groups is 1. The van der Waals surface area contributed by atoms with Crippen LogP contribution in [-0.4, -0.2) is 11.1 Å². The molecule has 0 heterocycles. The van der Waals surface area contributed by atoms with Crippen molar-refractivity contribution in [2.45, 2.75) is 59.3 Å². The van der Waals surface area contributed by atoms with Crippen molar-refractivity contribution in [3.05, 3.63) is 12.2 Å². The van der Waals surface area contributed by atoms with E-state index in [2.05, 4.69) is 19.1 Å². The molecule has 1 aliphatic rings. The van der Waals surface area contributed by atoms with Gasteiger partial charge in [-0.1, -0.05) is 58.6 Å². The third-order valence-corrected chi connectivity index (χ3v) is 3.99. The SMILES string of the molecule is CCCCCCCC=CC1C(C(=O)O)C1(C)C.Cl. The molecule has 0 aliphatic heterocycles. The number of unbranched alkanes of at least 4 members (excludes halogenated alkanes) is 5. The van der Waals surface area contributed by atoms with Crippen molar-refractivity contribution in [1.29, 1.82) is 0 Å². The van der Waals surface area contributed by atoms with E-state index in [1.54, 1.807) is 0 Å². The van der Waals surface area contributed by atoms with Crippen LogP contribution in [0.1, 0.15) is 59.3 Å². The Balaban J connectivity index is 0.00000289. The molecule has 2 atom stereocenters. The average Bonchev–Trinajstić information content (AvgIpc) is 2.79. The molecule has 0 amide bonds. The van der Waals surface area contributed by atoms with Gasteiger partial charge in [0.1, 0.15) is 0 Å². The summed E-state index contributed by atoms with van der Waals surface area (Å²) >= 11 is 0. The Morgan fingerprint density at radius 3 is 2.33 bits per heavy atom. The van der Waals surface area contributed by atoms with Crippen LogP contribution in [0.25, 0.3) is 0 Å². The van der Waals surface area contributed by atoms with Crippen molar-refractivity contribution < 1.29 is 9.90 Å². The Bertz CT molecular complexity index is 284. The molecule has 1 aliphatic carbocycles. The van der Waals surface area contributed by atoms with Crippen LogP contribution >= 0.6 is 12.4 Å². The average molecular weight is 275 g/mol. The lowest BCUT2D eigenvalue weighted by Gasteiger charge is -1.97. The number of halogens is 1. The lowest BCUT2D eigenvalue weighted by molar-refractivity contribution is -0.139. The van der Waals surface area contributed by atoms with Gasteiger partial charge in [-0.25, -0.2) is 0 Å². The molecule has 0 aromatic rings. The molecule has 0 radical (unpaired) electrons. The number of allylic oxidation sites excluding steroid dienone is 2. The summed E-state index contributed by atoms with van der Waals surface area (Å²) in [4.78, 5) is 11.0. The van der Waals surface area contributed by atoms with Crippen molar-refractivity contribution in [3.8, 4) is 0 Å². The Morgan fingerprint density at radius 2 is 1.83 bits per heavy atom. The van der Waals surface area contributed by atoms with E-state index >= 15 is 0 Å². The van der Waals surface area contributed by atoms with Crippen LogP contribution in [0, 0.1) is 17.3 Å². The highest BCUT2D eigenvalue weighted by Crippen LogP contribution is 2.59. The topological polar surface area (TPSA) is 37.3 Å². The van der Waals surface area contributed by atoms with Gasteiger partial charge in [0.05, 0.1) is 5.92 Å². The molecule has 0 saturated heterocycles. The summed E-state index contributed by atoms with van der Waals surface area (Å²) in [6, 6.07) is 0. The van der Waals surface area contributed by atoms with Gasteiger partial charge in [-0.2, -0.15) is 0 Å². The first-order chi connectivity index (χ1) is 8.01. The van der Waals surface area contributed by atoms with Gasteiger partial charge in [-0.3, -0.25) is 4.79 Å². The van der Waals surface area contributed by atoms with Crippen LogP contribution in [0.4, 0.5) is 0 Å². The van der Waals surface area contributed by atoms with Crippen molar-refractivity contribution in [2.75, 3.05) is 0 Å². The second-order valence-corrected chi connectivity index (χ2v) is 5.79. The monoisotopic (exact) mass is 274 g/mol. The van der Waals surface area contributed by atoms with E-state index in [9.17, 15) is 4.79 Å². The van der Waals surface area contributed by atoms with E-state index in [0.29, 0.717) is 0 Å². The number of hydrogen-bond acceptors (Lipinski definition) is 1. The maximum Gasteiger partial charge on any atom is 0.307 e. The predicted octanol–water partition coefficient (Wildman–Crippen LogP) is 4.68. The maximum atomic E-state index is 11.0. The highest BCUT2D eigenvalue weighted by molar-refractivity contribution is 5.85. The lowest BCUT2D eigenvalue weighted by atomic mass is 10.1. The molecule has 0 aromatic carbocycles. The molecule has 0 spiro atoms. The second-order valence-electron chi connectivity index (χ2n) is 5.79. The summed E-state index contributed by atoms with van der Waals surface area (Å²) in [5.74, 6) is -0.568. The summed E-state index contributed by atoms with van der Waals surface area (Å²) in [5, 5.41) is 9.03. The van der Waals surface area contributed by atoms with Gasteiger partial charge in [0.2, 0.25) is 0 Å². The van der Waals surface area contributed by atoms with Crippen LogP contribution in [-0.2, 0) is 4.79 Å². The minimum Gasteiger partial charge on any atom is -0.481 e. The molecule has 1 rings (SSSR count). The molecule has 2 unspecified atom stereocenters. The minimum atomic E-state index is -0.646. The largest absolute Gasteiger partial charge is 0.481 e. The van der Waals surface area contributed by atoms with E-state index in [-0.39, 0.29) is 29.7 Å². The van der Waals surface area contributed by atoms with Crippen LogP contribution < -0.4 is 0 Å². The van der Waals surface area contributed by atoms with Gasteiger partial charge in [0, 0.05) is 0 Å². The van der Waals surface area contributed by atoms with E-state index in [1.165, 1.54) is 32.1 Å². The van der Waals surface area contributed by atoms with E-state index in [4.69, 9.17) is 5.11 Å². The first kappa shape index (κ1) is 17.5. The number of carboxylic acid groups (broad SMARTS) is 1. The van der Waals surface area contributed by atoms with E-state index in [1.807, 2.05) is 13.8 Å². The molecule has 0 bridgehead atoms. The zero-order chi connectivity index (χ0) is 12.9. The molecule has 2 nitrogen and oxygen atoms in total. The molecule has 3 heteroatoms. The quantitative estimate of drug-likeness (QED) is 0.515. The van der Waals surface area contributed by atoms with Crippen LogP contribution in [0.5, 0.6) is 0 Å². The summed E-state index contributed by atoms with van der Waals surface area (Å²) in [5.41, 5.74) is -0.0372. The van der Waals surface area contributed by atoms with Crippen molar-refractivity contribution in [3.63, 3.8) is 0 Å². The summed E-state index contributed by atoms with van der Waals surface area (Å²) < 4.78 is 0. The van der Waals surface area contributed by atoms with Crippen LogP contribution in [0.2, 0.25) is 0 Å². The predicted molar refractivity (Wildman–Crippen MR) is 78.2 cm³/mol. The fourth-order valence-electron chi connectivity index (χ4n) is 2.62. The summed E-state index contributed by atoms with van der Waals surface area (Å²) in [6.45, 7) is 6.31. The number of rotatable bonds is 8. The molecule has 106 valence electrons. The molecule has 0 aromatic heterocycles. The smallest absolute Gasteiger partial charge is 0.307 e. The van der Waals surface area contributed by atoms with Gasteiger partial charge >= 0.3 is 5.97 Å². The van der Waals surface area contributed by atoms with Crippen LogP contribution in [0.3, 0.4) is 0 Å². The first-order valence-electron chi connectivity index (χ1n) is 6.91. The maximum absolute atomic E-state index is 11.0. The number of carboxylic acids is 1. The van der Waals surface area contributed by atoms with E-state index < -0.39 is 5.97 Å². The van der Waals surface area contributed by atoms with Gasteiger partial charge in [-0.15, -0.1) is 12.4 Å². The fourth-order valence-corrected chi connectivity index (χ4v) is 2.62. The van der Waals surface area contributed by atoms with Gasteiger partial charge in [-0.05, 0) is 24.2 Å². The lowest BCUT2D eigenvalue weighted by Crippen LogP contribution is -2.02. The Kier molecular flexibility index (Phi) is 7.61. The Labute approximate surface area is 117 Å². The number of aliphatic carboxylic acids is 1. The molecule has 18 heavy (non-hydrogen) atoms. The van der Waals surface area contributed by atoms with Gasteiger partial charge in [0.15, 0.2) is 0 Å². The van der Waals surface area contributed by atoms with Gasteiger partial charge < -0.3 is 5.11 Å². The first-order valence-corrected chi connectivity index (χ1v) is 6.91. The number of hydrogen-bond donors (Lipinski definition) is 1. The summed E-state index contributed by atoms with van der Waals surface area (Å²) in [6.07, 6.45) is 11.9. The molecular weight excluding hydrogens is 248 g/mol. The molecule has 1 saturated carbocycles. The molecule has 1 fully saturated rings. The highest BCUT2D eigenvalue weighted by atomic mass is 35.5. The zero-order valence-corrected chi connectivity index (χ0v) is 12.6. The van der Waals surface area contributed by atoms with Gasteiger partial charge in [0.25, 0.3) is 0 Å². The van der Waals surface area contributed by atoms with Crippen molar-refractivity contribution >= 4 is 18.4 Å². The third kappa shape index (κ3) is 4.64. The Hall–Kier alpha value is -0.500. The second kappa shape index (κ2) is 7.83. The standard InChI is InChI=1S/C15H26O2.ClH/c1-4-5-6-7-8-9-10-11-12-13(14(16)17)15(12,2)3;/h10-13H,4-9H2,1-3H3,(H,16,17);1H. The highest BCUT2D eigenvalue weighted by Gasteiger charge is 2.60. The fraction of sp³-hybridized carbons (Fsp3) is 0.800. The van der Waals surface area contributed by atoms with Crippen molar-refractivity contribution in [1.82, 2.24) is 0 Å². The minimum absolute atomic E-state index is 0. The van der Waals surface area contributed by atoms with Crippen molar-refractivity contribution in [2.24, 2.45) is 17.3 Å².